The number of carbonyl (C=O) groups is 1. The van der Waals surface area contributed by atoms with Crippen LogP contribution in [0.15, 0.2) is 36.2 Å². The van der Waals surface area contributed by atoms with E-state index in [1.165, 1.54) is 10.5 Å². The average molecular weight is 448 g/mol. The number of carbonyl (C=O) groups excluding carboxylic acids is 1. The molecule has 0 atom stereocenters. The van der Waals surface area contributed by atoms with Gasteiger partial charge in [-0.05, 0) is 63.3 Å². The summed E-state index contributed by atoms with van der Waals surface area (Å²) in [6, 6.07) is 4.74. The van der Waals surface area contributed by atoms with Crippen LogP contribution < -0.4 is 15.5 Å². The van der Waals surface area contributed by atoms with Crippen molar-refractivity contribution in [2.75, 3.05) is 24.3 Å². The molecule has 1 amide bonds. The highest BCUT2D eigenvalue weighted by molar-refractivity contribution is 5.99. The standard InChI is InChI=1S/C23H28F3N5O/c1-14-9-15(2)29-20(10-14)27-12-16-5-7-18(8-6-16)30-22(32)19-11-17(23(24,25)26)13-28-21(19)31(3)4/h9-13,18H,5-8H2,1-4H3,(H,27,29)(H,30,32). The quantitative estimate of drug-likeness (QED) is 0.686. The number of aryl methyl sites for hydroxylation is 2. The van der Waals surface area contributed by atoms with E-state index in [0.29, 0.717) is 12.8 Å². The van der Waals surface area contributed by atoms with Gasteiger partial charge in [0.25, 0.3) is 5.91 Å². The topological polar surface area (TPSA) is 70.1 Å². The molecule has 6 nitrogen and oxygen atoms in total. The van der Waals surface area contributed by atoms with E-state index >= 15 is 0 Å². The summed E-state index contributed by atoms with van der Waals surface area (Å²) < 4.78 is 39.3. The van der Waals surface area contributed by atoms with E-state index in [4.69, 9.17) is 0 Å². The van der Waals surface area contributed by atoms with Crippen molar-refractivity contribution >= 4 is 17.5 Å². The molecule has 2 heterocycles. The molecule has 1 saturated carbocycles. The van der Waals surface area contributed by atoms with Crippen molar-refractivity contribution in [3.63, 3.8) is 0 Å². The first-order valence-electron chi connectivity index (χ1n) is 10.5. The Bertz CT molecular complexity index is 987. The Kier molecular flexibility index (Phi) is 7.06. The number of allylic oxidation sites excluding steroid dienone is 1. The zero-order valence-corrected chi connectivity index (χ0v) is 18.7. The molecule has 1 fully saturated rings. The first kappa shape index (κ1) is 23.6. The maximum atomic E-state index is 13.1. The van der Waals surface area contributed by atoms with Crippen LogP contribution in [0.5, 0.6) is 0 Å². The molecule has 172 valence electrons. The van der Waals surface area contributed by atoms with E-state index in [0.717, 1.165) is 42.2 Å². The lowest BCUT2D eigenvalue weighted by Gasteiger charge is -2.26. The van der Waals surface area contributed by atoms with Gasteiger partial charge in [0.05, 0.1) is 11.1 Å². The molecule has 2 aromatic heterocycles. The monoisotopic (exact) mass is 447 g/mol. The summed E-state index contributed by atoms with van der Waals surface area (Å²) in [5.74, 6) is 0.457. The van der Waals surface area contributed by atoms with E-state index in [2.05, 4.69) is 20.6 Å². The van der Waals surface area contributed by atoms with Crippen molar-refractivity contribution in [1.82, 2.24) is 15.3 Å². The molecule has 9 heteroatoms. The van der Waals surface area contributed by atoms with Crippen molar-refractivity contribution in [3.8, 4) is 0 Å². The van der Waals surface area contributed by atoms with Crippen molar-refractivity contribution in [2.45, 2.75) is 51.7 Å². The third-order valence-corrected chi connectivity index (χ3v) is 5.35. The molecule has 1 aliphatic rings. The van der Waals surface area contributed by atoms with Crippen LogP contribution in [0.2, 0.25) is 0 Å². The van der Waals surface area contributed by atoms with Gasteiger partial charge in [0.2, 0.25) is 0 Å². The van der Waals surface area contributed by atoms with Gasteiger partial charge in [-0.2, -0.15) is 13.2 Å². The fraction of sp³-hybridized carbons (Fsp3) is 0.435. The molecular weight excluding hydrogens is 419 g/mol. The number of nitrogens with zero attached hydrogens (tertiary/aromatic N) is 3. The van der Waals surface area contributed by atoms with E-state index in [1.807, 2.05) is 32.2 Å². The van der Waals surface area contributed by atoms with E-state index in [-0.39, 0.29) is 17.4 Å². The SMILES string of the molecule is Cc1cc(C)nc(NC=C2CCC(NC(=O)c3cc(C(F)(F)F)cnc3N(C)C)CC2)c1. The van der Waals surface area contributed by atoms with Gasteiger partial charge in [-0.1, -0.05) is 5.57 Å². The Morgan fingerprint density at radius 3 is 2.44 bits per heavy atom. The minimum Gasteiger partial charge on any atom is -0.362 e. The van der Waals surface area contributed by atoms with Gasteiger partial charge in [0.15, 0.2) is 0 Å². The fourth-order valence-electron chi connectivity index (χ4n) is 3.77. The number of pyridine rings is 2. The van der Waals surface area contributed by atoms with Gasteiger partial charge in [-0.15, -0.1) is 0 Å². The smallest absolute Gasteiger partial charge is 0.362 e. The summed E-state index contributed by atoms with van der Waals surface area (Å²) in [7, 11) is 3.28. The number of nitrogens with one attached hydrogen (secondary N) is 2. The van der Waals surface area contributed by atoms with Gasteiger partial charge in [0, 0.05) is 38.2 Å². The molecule has 0 spiro atoms. The van der Waals surface area contributed by atoms with Crippen LogP contribution in [0.4, 0.5) is 24.8 Å². The maximum absolute atomic E-state index is 13.1. The summed E-state index contributed by atoms with van der Waals surface area (Å²) in [6.07, 6.45) is 1.14. The van der Waals surface area contributed by atoms with Crippen LogP contribution >= 0.6 is 0 Å². The molecule has 0 aliphatic heterocycles. The number of anilines is 2. The number of halogens is 3. The average Bonchev–Trinajstić information content (AvgIpc) is 2.71. The highest BCUT2D eigenvalue weighted by Gasteiger charge is 2.33. The zero-order valence-electron chi connectivity index (χ0n) is 18.7. The van der Waals surface area contributed by atoms with Crippen LogP contribution in [0.1, 0.15) is 52.9 Å². The number of alkyl halides is 3. The molecule has 0 bridgehead atoms. The van der Waals surface area contributed by atoms with Gasteiger partial charge in [-0.25, -0.2) is 9.97 Å². The van der Waals surface area contributed by atoms with Gasteiger partial charge >= 0.3 is 6.18 Å². The third kappa shape index (κ3) is 5.99. The van der Waals surface area contributed by atoms with E-state index in [9.17, 15) is 18.0 Å². The first-order valence-corrected chi connectivity index (χ1v) is 10.5. The van der Waals surface area contributed by atoms with Crippen LogP contribution in [-0.2, 0) is 6.18 Å². The molecule has 2 N–H and O–H groups in total. The number of rotatable bonds is 5. The fourth-order valence-corrected chi connectivity index (χ4v) is 3.77. The minimum atomic E-state index is -4.56. The largest absolute Gasteiger partial charge is 0.417 e. The van der Waals surface area contributed by atoms with Crippen molar-refractivity contribution in [3.05, 3.63) is 58.6 Å². The molecule has 0 saturated heterocycles. The molecule has 32 heavy (non-hydrogen) atoms. The lowest BCUT2D eigenvalue weighted by Crippen LogP contribution is -2.37. The summed E-state index contributed by atoms with van der Waals surface area (Å²) in [5, 5.41) is 6.12. The van der Waals surface area contributed by atoms with Crippen molar-refractivity contribution < 1.29 is 18.0 Å². The molecule has 0 unspecified atom stereocenters. The molecule has 0 aromatic carbocycles. The number of amides is 1. The van der Waals surface area contributed by atoms with Crippen LogP contribution in [-0.4, -0.2) is 36.0 Å². The van der Waals surface area contributed by atoms with Crippen molar-refractivity contribution in [2.24, 2.45) is 0 Å². The number of hydrogen-bond donors (Lipinski definition) is 2. The molecule has 1 aliphatic carbocycles. The summed E-state index contributed by atoms with van der Waals surface area (Å²) in [6.45, 7) is 3.96. The molecular formula is C23H28F3N5O. The van der Waals surface area contributed by atoms with Gasteiger partial charge < -0.3 is 15.5 Å². The lowest BCUT2D eigenvalue weighted by atomic mass is 9.91. The summed E-state index contributed by atoms with van der Waals surface area (Å²) in [4.78, 5) is 22.6. The van der Waals surface area contributed by atoms with Gasteiger partial charge in [-0.3, -0.25) is 4.79 Å². The Hall–Kier alpha value is -3.10. The van der Waals surface area contributed by atoms with Crippen LogP contribution in [0.3, 0.4) is 0 Å². The predicted molar refractivity (Wildman–Crippen MR) is 119 cm³/mol. The van der Waals surface area contributed by atoms with E-state index in [1.54, 1.807) is 14.1 Å². The Balaban J connectivity index is 1.63. The highest BCUT2D eigenvalue weighted by atomic mass is 19.4. The number of aromatic nitrogens is 2. The lowest BCUT2D eigenvalue weighted by molar-refractivity contribution is -0.137. The summed E-state index contributed by atoms with van der Waals surface area (Å²) in [5.41, 5.74) is 2.28. The normalized spacial score (nSPS) is 16.5. The predicted octanol–water partition coefficient (Wildman–Crippen LogP) is 4.85. The zero-order chi connectivity index (χ0) is 23.5. The highest BCUT2D eigenvalue weighted by Crippen LogP contribution is 2.31. The van der Waals surface area contributed by atoms with Gasteiger partial charge in [0.1, 0.15) is 11.6 Å². The Labute approximate surface area is 185 Å². The minimum absolute atomic E-state index is 0.0753. The maximum Gasteiger partial charge on any atom is 0.417 e. The number of hydrogen-bond acceptors (Lipinski definition) is 5. The molecule has 0 radical (unpaired) electrons. The second-order valence-electron chi connectivity index (χ2n) is 8.35. The summed E-state index contributed by atoms with van der Waals surface area (Å²) >= 11 is 0. The molecule has 3 rings (SSSR count). The second-order valence-corrected chi connectivity index (χ2v) is 8.35. The van der Waals surface area contributed by atoms with Crippen LogP contribution in [0.25, 0.3) is 0 Å². The Morgan fingerprint density at radius 1 is 1.16 bits per heavy atom. The Morgan fingerprint density at radius 2 is 1.84 bits per heavy atom. The van der Waals surface area contributed by atoms with E-state index < -0.39 is 17.6 Å². The first-order chi connectivity index (χ1) is 15.0. The molecule has 2 aromatic rings. The second kappa shape index (κ2) is 9.58. The van der Waals surface area contributed by atoms with Crippen molar-refractivity contribution in [1.29, 1.82) is 0 Å². The van der Waals surface area contributed by atoms with Crippen LogP contribution in [0, 0.1) is 13.8 Å². The third-order valence-electron chi connectivity index (χ3n) is 5.35.